The number of para-hydroxylation sites is 1. The Morgan fingerprint density at radius 2 is 1.97 bits per heavy atom. The molecule has 2 atom stereocenters. The molecule has 29 heavy (non-hydrogen) atoms. The molecule has 4 rings (SSSR count). The Kier molecular flexibility index (Phi) is 5.44. The van der Waals surface area contributed by atoms with Gasteiger partial charge in [0.15, 0.2) is 5.82 Å². The fourth-order valence-corrected chi connectivity index (χ4v) is 3.68. The summed E-state index contributed by atoms with van der Waals surface area (Å²) in [5.74, 6) is -0.410. The maximum atomic E-state index is 14.6. The molecule has 3 heterocycles. The van der Waals surface area contributed by atoms with Gasteiger partial charge in [-0.2, -0.15) is 10.2 Å². The van der Waals surface area contributed by atoms with Gasteiger partial charge in [-0.1, -0.05) is 30.3 Å². The molecule has 0 unspecified atom stereocenters. The minimum atomic E-state index is -0.410. The number of benzene rings is 1. The number of piperidine rings is 1. The molecular formula is C20H20ClFN6O. The number of likely N-dealkylation sites (tertiary alicyclic amines) is 1. The number of ether oxygens (including phenoxy) is 1. The number of rotatable bonds is 5. The van der Waals surface area contributed by atoms with Crippen molar-refractivity contribution in [1.82, 2.24) is 29.9 Å². The van der Waals surface area contributed by atoms with Crippen LogP contribution in [0.1, 0.15) is 25.3 Å². The summed E-state index contributed by atoms with van der Waals surface area (Å²) in [6.07, 6.45) is 7.65. The van der Waals surface area contributed by atoms with Gasteiger partial charge in [0.05, 0.1) is 35.9 Å². The minimum absolute atomic E-state index is 0.0165. The Morgan fingerprint density at radius 1 is 1.24 bits per heavy atom. The van der Waals surface area contributed by atoms with Crippen LogP contribution in [-0.2, 0) is 0 Å². The van der Waals surface area contributed by atoms with Gasteiger partial charge >= 0.3 is 6.01 Å². The SMILES string of the molecule is C=C(c1cccc(F)c1-n1nccn1)N1CCC[C@@H](Oc2ncc(Cl)cn2)[C@@H]1C. The zero-order chi connectivity index (χ0) is 20.4. The molecule has 150 valence electrons. The van der Waals surface area contributed by atoms with E-state index in [1.165, 1.54) is 35.7 Å². The van der Waals surface area contributed by atoms with Crippen LogP contribution in [0.5, 0.6) is 6.01 Å². The molecule has 7 nitrogen and oxygen atoms in total. The number of hydrogen-bond acceptors (Lipinski definition) is 6. The molecule has 9 heteroatoms. The summed E-state index contributed by atoms with van der Waals surface area (Å²) in [4.78, 5) is 11.6. The molecule has 0 spiro atoms. The van der Waals surface area contributed by atoms with E-state index in [0.29, 0.717) is 16.3 Å². The summed E-state index contributed by atoms with van der Waals surface area (Å²) in [5, 5.41) is 8.63. The lowest BCUT2D eigenvalue weighted by atomic mass is 9.97. The Morgan fingerprint density at radius 3 is 2.69 bits per heavy atom. The summed E-state index contributed by atoms with van der Waals surface area (Å²) in [7, 11) is 0. The Bertz CT molecular complexity index is 995. The van der Waals surface area contributed by atoms with Crippen LogP contribution in [0.2, 0.25) is 5.02 Å². The van der Waals surface area contributed by atoms with Gasteiger partial charge < -0.3 is 9.64 Å². The molecule has 0 radical (unpaired) electrons. The average Bonchev–Trinajstić information content (AvgIpc) is 3.25. The Hall–Kier alpha value is -3.00. The van der Waals surface area contributed by atoms with Gasteiger partial charge in [-0.3, -0.25) is 0 Å². The summed E-state index contributed by atoms with van der Waals surface area (Å²) < 4.78 is 20.6. The number of hydrogen-bond donors (Lipinski definition) is 0. The van der Waals surface area contributed by atoms with E-state index in [0.717, 1.165) is 19.4 Å². The van der Waals surface area contributed by atoms with E-state index >= 15 is 0 Å². The first kappa shape index (κ1) is 19.3. The maximum absolute atomic E-state index is 14.6. The first-order valence-corrected chi connectivity index (χ1v) is 9.67. The van der Waals surface area contributed by atoms with E-state index < -0.39 is 5.82 Å². The second kappa shape index (κ2) is 8.16. The minimum Gasteiger partial charge on any atom is -0.458 e. The maximum Gasteiger partial charge on any atom is 0.316 e. The first-order valence-electron chi connectivity index (χ1n) is 9.30. The third kappa shape index (κ3) is 3.93. The van der Waals surface area contributed by atoms with Crippen molar-refractivity contribution in [1.29, 1.82) is 0 Å². The zero-order valence-corrected chi connectivity index (χ0v) is 16.6. The standard InChI is InChI=1S/C20H20ClFN6O/c1-13(16-5-3-6-17(22)19(16)28-25-8-9-26-28)27-10-4-7-18(14(27)2)29-20-23-11-15(21)12-24-20/h3,5-6,8-9,11-12,14,18H,1,4,7,10H2,2H3/t14-,18+/m0/s1. The Labute approximate surface area is 172 Å². The van der Waals surface area contributed by atoms with Gasteiger partial charge in [-0.15, -0.1) is 4.80 Å². The lowest BCUT2D eigenvalue weighted by Gasteiger charge is -2.41. The van der Waals surface area contributed by atoms with Crippen LogP contribution in [0.4, 0.5) is 4.39 Å². The molecule has 1 aliphatic heterocycles. The van der Waals surface area contributed by atoms with Crippen molar-refractivity contribution in [2.75, 3.05) is 6.54 Å². The van der Waals surface area contributed by atoms with Gasteiger partial charge in [-0.05, 0) is 25.8 Å². The molecule has 0 aliphatic carbocycles. The van der Waals surface area contributed by atoms with Crippen LogP contribution in [0.15, 0.2) is 49.6 Å². The van der Waals surface area contributed by atoms with Crippen LogP contribution in [0, 0.1) is 5.82 Å². The highest BCUT2D eigenvalue weighted by Crippen LogP contribution is 2.32. The molecule has 2 aromatic heterocycles. The molecule has 1 aliphatic rings. The normalized spacial score (nSPS) is 19.2. The summed E-state index contributed by atoms with van der Waals surface area (Å²) in [6, 6.07) is 5.14. The second-order valence-corrected chi connectivity index (χ2v) is 7.25. The molecule has 0 amide bonds. The first-order chi connectivity index (χ1) is 14.0. The van der Waals surface area contributed by atoms with E-state index in [-0.39, 0.29) is 23.8 Å². The predicted molar refractivity (Wildman–Crippen MR) is 107 cm³/mol. The van der Waals surface area contributed by atoms with Crippen LogP contribution < -0.4 is 4.74 Å². The summed E-state index contributed by atoms with van der Waals surface area (Å²) in [6.45, 7) is 7.08. The highest BCUT2D eigenvalue weighted by molar-refractivity contribution is 6.30. The van der Waals surface area contributed by atoms with E-state index in [1.54, 1.807) is 6.07 Å². The van der Waals surface area contributed by atoms with Gasteiger partial charge in [0.2, 0.25) is 0 Å². The highest BCUT2D eigenvalue weighted by Gasteiger charge is 2.32. The lowest BCUT2D eigenvalue weighted by molar-refractivity contribution is 0.0622. The van der Waals surface area contributed by atoms with Crippen molar-refractivity contribution < 1.29 is 9.13 Å². The van der Waals surface area contributed by atoms with Crippen molar-refractivity contribution in [3.8, 4) is 11.7 Å². The molecule has 0 N–H and O–H groups in total. The Balaban J connectivity index is 1.59. The van der Waals surface area contributed by atoms with Crippen LogP contribution in [0.25, 0.3) is 11.4 Å². The molecular weight excluding hydrogens is 395 g/mol. The molecule has 0 bridgehead atoms. The molecule has 1 aromatic carbocycles. The topological polar surface area (TPSA) is 69.0 Å². The fraction of sp³-hybridized carbons (Fsp3) is 0.300. The molecule has 0 saturated carbocycles. The summed E-state index contributed by atoms with van der Waals surface area (Å²) in [5.41, 5.74) is 1.60. The van der Waals surface area contributed by atoms with E-state index in [1.807, 2.05) is 6.07 Å². The van der Waals surface area contributed by atoms with Crippen LogP contribution in [0.3, 0.4) is 0 Å². The van der Waals surface area contributed by atoms with E-state index in [2.05, 4.69) is 38.6 Å². The third-order valence-electron chi connectivity index (χ3n) is 5.03. The predicted octanol–water partition coefficient (Wildman–Crippen LogP) is 3.75. The van der Waals surface area contributed by atoms with Gasteiger partial charge in [0.1, 0.15) is 11.8 Å². The van der Waals surface area contributed by atoms with Gasteiger partial charge in [0.25, 0.3) is 0 Å². The lowest BCUT2D eigenvalue weighted by Crippen LogP contribution is -2.47. The fourth-order valence-electron chi connectivity index (χ4n) is 3.58. The summed E-state index contributed by atoms with van der Waals surface area (Å²) >= 11 is 5.84. The third-order valence-corrected chi connectivity index (χ3v) is 5.23. The van der Waals surface area contributed by atoms with E-state index in [9.17, 15) is 4.39 Å². The van der Waals surface area contributed by atoms with Crippen LogP contribution in [-0.4, -0.2) is 48.6 Å². The van der Waals surface area contributed by atoms with E-state index in [4.69, 9.17) is 16.3 Å². The molecule has 1 saturated heterocycles. The smallest absolute Gasteiger partial charge is 0.316 e. The van der Waals surface area contributed by atoms with Crippen molar-refractivity contribution in [3.63, 3.8) is 0 Å². The number of aromatic nitrogens is 5. The quantitative estimate of drug-likeness (QED) is 0.633. The number of nitrogens with zero attached hydrogens (tertiary/aromatic N) is 6. The van der Waals surface area contributed by atoms with Crippen molar-refractivity contribution in [2.24, 2.45) is 0 Å². The van der Waals surface area contributed by atoms with Gasteiger partial charge in [0, 0.05) is 17.8 Å². The highest BCUT2D eigenvalue weighted by atomic mass is 35.5. The van der Waals surface area contributed by atoms with Crippen molar-refractivity contribution in [3.05, 3.63) is 66.0 Å². The number of halogens is 2. The molecule has 1 fully saturated rings. The average molecular weight is 415 g/mol. The monoisotopic (exact) mass is 414 g/mol. The zero-order valence-electron chi connectivity index (χ0n) is 15.9. The second-order valence-electron chi connectivity index (χ2n) is 6.82. The largest absolute Gasteiger partial charge is 0.458 e. The van der Waals surface area contributed by atoms with Crippen molar-refractivity contribution >= 4 is 17.3 Å². The van der Waals surface area contributed by atoms with Crippen molar-refractivity contribution in [2.45, 2.75) is 31.9 Å². The van der Waals surface area contributed by atoms with Crippen LogP contribution >= 0.6 is 11.6 Å². The van der Waals surface area contributed by atoms with Gasteiger partial charge in [-0.25, -0.2) is 14.4 Å². The molecule has 3 aromatic rings.